The zero-order valence-corrected chi connectivity index (χ0v) is 18.0. The van der Waals surface area contributed by atoms with Crippen LogP contribution in [0.15, 0.2) is 33.1 Å². The molecule has 0 atom stereocenters. The van der Waals surface area contributed by atoms with Gasteiger partial charge in [0.25, 0.3) is 5.56 Å². The molecule has 0 amide bonds. The fraction of sp³-hybridized carbons (Fsp3) is 0.455. The number of rotatable bonds is 6. The normalized spacial score (nSPS) is 14.5. The van der Waals surface area contributed by atoms with Gasteiger partial charge >= 0.3 is 0 Å². The minimum atomic E-state index is -0.141. The summed E-state index contributed by atoms with van der Waals surface area (Å²) in [4.78, 5) is 24.4. The lowest BCUT2D eigenvalue weighted by Gasteiger charge is -2.22. The van der Waals surface area contributed by atoms with E-state index in [0.29, 0.717) is 29.4 Å². The Kier molecular flexibility index (Phi) is 5.98. The van der Waals surface area contributed by atoms with Gasteiger partial charge in [-0.1, -0.05) is 13.8 Å². The number of anilines is 1. The molecular formula is C22H29N5O2. The molecule has 154 valence electrons. The molecule has 7 heteroatoms. The fourth-order valence-corrected chi connectivity index (χ4v) is 3.58. The highest BCUT2D eigenvalue weighted by Crippen LogP contribution is 2.27. The molecule has 0 saturated carbocycles. The van der Waals surface area contributed by atoms with E-state index in [0.717, 1.165) is 29.2 Å². The zero-order valence-electron chi connectivity index (χ0n) is 18.0. The van der Waals surface area contributed by atoms with Gasteiger partial charge in [-0.25, -0.2) is 9.98 Å². The summed E-state index contributed by atoms with van der Waals surface area (Å²) >= 11 is 0. The maximum Gasteiger partial charge on any atom is 0.277 e. The van der Waals surface area contributed by atoms with Crippen molar-refractivity contribution in [3.05, 3.63) is 51.2 Å². The molecule has 0 fully saturated rings. The largest absolute Gasteiger partial charge is 0.395 e. The van der Waals surface area contributed by atoms with Crippen molar-refractivity contribution in [2.24, 2.45) is 10.1 Å². The summed E-state index contributed by atoms with van der Waals surface area (Å²) < 4.78 is 1.36. The molecule has 1 aromatic heterocycles. The summed E-state index contributed by atoms with van der Waals surface area (Å²) in [6, 6.07) is 6.03. The Morgan fingerprint density at radius 2 is 1.97 bits per heavy atom. The van der Waals surface area contributed by atoms with Crippen molar-refractivity contribution < 1.29 is 5.11 Å². The number of fused-ring (bicyclic) bond motifs is 1. The fourth-order valence-electron chi connectivity index (χ4n) is 3.58. The molecule has 29 heavy (non-hydrogen) atoms. The summed E-state index contributed by atoms with van der Waals surface area (Å²) in [6.45, 7) is 13.3. The Morgan fingerprint density at radius 3 is 2.55 bits per heavy atom. The number of hydrogen-bond acceptors (Lipinski definition) is 6. The molecule has 1 aliphatic rings. The van der Waals surface area contributed by atoms with Gasteiger partial charge in [0, 0.05) is 24.3 Å². The summed E-state index contributed by atoms with van der Waals surface area (Å²) in [5.41, 5.74) is 5.45. The topological polar surface area (TPSA) is 83.1 Å². The van der Waals surface area contributed by atoms with Crippen LogP contribution in [-0.4, -0.2) is 45.9 Å². The third-order valence-corrected chi connectivity index (χ3v) is 5.21. The monoisotopic (exact) mass is 395 g/mol. The third kappa shape index (κ3) is 3.87. The Labute approximate surface area is 171 Å². The van der Waals surface area contributed by atoms with E-state index in [2.05, 4.69) is 23.0 Å². The summed E-state index contributed by atoms with van der Waals surface area (Å²) in [5, 5.41) is 13.7. The number of hydrogen-bond donors (Lipinski definition) is 1. The molecule has 1 aromatic carbocycles. The first kappa shape index (κ1) is 20.9. The molecule has 3 rings (SSSR count). The van der Waals surface area contributed by atoms with Crippen LogP contribution >= 0.6 is 0 Å². The summed E-state index contributed by atoms with van der Waals surface area (Å²) in [5.74, 6) is 0.643. The van der Waals surface area contributed by atoms with Gasteiger partial charge in [0.1, 0.15) is 5.71 Å². The molecule has 2 aromatic rings. The van der Waals surface area contributed by atoms with E-state index in [4.69, 9.17) is 9.98 Å². The van der Waals surface area contributed by atoms with Crippen molar-refractivity contribution in [2.45, 2.75) is 47.5 Å². The van der Waals surface area contributed by atoms with Gasteiger partial charge in [-0.3, -0.25) is 4.79 Å². The molecular weight excluding hydrogens is 366 g/mol. The van der Waals surface area contributed by atoms with E-state index >= 15 is 0 Å². The molecule has 1 N–H and O–H groups in total. The Bertz CT molecular complexity index is 1050. The number of aliphatic hydroxyl groups is 1. The number of benzene rings is 1. The zero-order chi connectivity index (χ0) is 21.3. The number of nitrogens with zero attached hydrogens (tertiary/aromatic N) is 5. The van der Waals surface area contributed by atoms with E-state index in [-0.39, 0.29) is 18.1 Å². The van der Waals surface area contributed by atoms with Crippen LogP contribution < -0.4 is 10.5 Å². The highest BCUT2D eigenvalue weighted by Gasteiger charge is 2.26. The van der Waals surface area contributed by atoms with Crippen molar-refractivity contribution in [3.8, 4) is 0 Å². The lowest BCUT2D eigenvalue weighted by Crippen LogP contribution is -2.26. The molecule has 0 unspecified atom stereocenters. The highest BCUT2D eigenvalue weighted by atomic mass is 16.3. The lowest BCUT2D eigenvalue weighted by molar-refractivity contribution is 0.302. The second-order valence-electron chi connectivity index (χ2n) is 7.64. The molecule has 0 radical (unpaired) electrons. The molecule has 0 aliphatic carbocycles. The maximum absolute atomic E-state index is 12.7. The van der Waals surface area contributed by atoms with Crippen LogP contribution in [-0.2, 0) is 0 Å². The first-order valence-corrected chi connectivity index (χ1v) is 10.0. The van der Waals surface area contributed by atoms with Crippen molar-refractivity contribution in [1.82, 2.24) is 9.66 Å². The molecule has 0 bridgehead atoms. The van der Waals surface area contributed by atoms with E-state index in [1.807, 2.05) is 39.8 Å². The van der Waals surface area contributed by atoms with Crippen LogP contribution in [0.3, 0.4) is 0 Å². The standard InChI is InChI=1S/C22H29N5O2/c1-7-26(10-11-28)17-8-9-18(14(4)12-17)23-20-16(6)25-27-21(20)24-19(13(2)3)15(5)22(27)29/h8-9,12-13,28H,7,10-11H2,1-6H3. The van der Waals surface area contributed by atoms with Gasteiger partial charge in [0.05, 0.1) is 23.7 Å². The number of likely N-dealkylation sites (N-methyl/N-ethyl adjacent to an activating group) is 1. The second kappa shape index (κ2) is 8.29. The van der Waals surface area contributed by atoms with Crippen LogP contribution in [0.5, 0.6) is 0 Å². The summed E-state index contributed by atoms with van der Waals surface area (Å²) in [6.07, 6.45) is 0. The van der Waals surface area contributed by atoms with E-state index in [1.165, 1.54) is 4.68 Å². The minimum absolute atomic E-state index is 0.113. The van der Waals surface area contributed by atoms with E-state index in [1.54, 1.807) is 6.92 Å². The predicted molar refractivity (Wildman–Crippen MR) is 118 cm³/mol. The lowest BCUT2D eigenvalue weighted by atomic mass is 10.1. The van der Waals surface area contributed by atoms with E-state index < -0.39 is 0 Å². The number of aromatic nitrogens is 2. The molecule has 7 nitrogen and oxygen atoms in total. The van der Waals surface area contributed by atoms with Gasteiger partial charge in [0.15, 0.2) is 5.82 Å². The number of aliphatic hydroxyl groups excluding tert-OH is 1. The number of aryl methyl sites for hydroxylation is 1. The smallest absolute Gasteiger partial charge is 0.277 e. The van der Waals surface area contributed by atoms with Crippen LogP contribution in [0.1, 0.15) is 56.3 Å². The average molecular weight is 396 g/mol. The van der Waals surface area contributed by atoms with Crippen molar-refractivity contribution >= 4 is 22.8 Å². The minimum Gasteiger partial charge on any atom is -0.395 e. The van der Waals surface area contributed by atoms with Gasteiger partial charge < -0.3 is 10.0 Å². The Hall–Kier alpha value is -2.80. The van der Waals surface area contributed by atoms with Gasteiger partial charge in [0.2, 0.25) is 0 Å². The first-order chi connectivity index (χ1) is 13.8. The van der Waals surface area contributed by atoms with Gasteiger partial charge in [-0.05, 0) is 57.4 Å². The predicted octanol–water partition coefficient (Wildman–Crippen LogP) is 3.16. The molecule has 0 saturated heterocycles. The quantitative estimate of drug-likeness (QED) is 0.814. The van der Waals surface area contributed by atoms with Crippen LogP contribution in [0.4, 0.5) is 11.4 Å². The molecule has 0 spiro atoms. The second-order valence-corrected chi connectivity index (χ2v) is 7.64. The van der Waals surface area contributed by atoms with Gasteiger partial charge in [-0.2, -0.15) is 9.78 Å². The Morgan fingerprint density at radius 1 is 1.24 bits per heavy atom. The summed E-state index contributed by atoms with van der Waals surface area (Å²) in [7, 11) is 0. The van der Waals surface area contributed by atoms with Crippen LogP contribution in [0.25, 0.3) is 0 Å². The van der Waals surface area contributed by atoms with Crippen LogP contribution in [0.2, 0.25) is 0 Å². The van der Waals surface area contributed by atoms with Crippen molar-refractivity contribution in [1.29, 1.82) is 0 Å². The number of aliphatic imine (C=N–C) groups is 1. The molecule has 1 aliphatic heterocycles. The van der Waals surface area contributed by atoms with Gasteiger partial charge in [-0.15, -0.1) is 0 Å². The molecule has 2 heterocycles. The highest BCUT2D eigenvalue weighted by molar-refractivity contribution is 6.48. The third-order valence-electron chi connectivity index (χ3n) is 5.21. The SMILES string of the molecule is CCN(CCO)c1ccc(N=C2C(C)=Nn3c2nc(C(C)C)c(C)c3=O)c(C)c1. The van der Waals surface area contributed by atoms with E-state index in [9.17, 15) is 9.90 Å². The Balaban J connectivity index is 2.07. The average Bonchev–Trinajstić information content (AvgIpc) is 2.99. The maximum atomic E-state index is 12.7. The van der Waals surface area contributed by atoms with Crippen LogP contribution in [0, 0.1) is 13.8 Å². The van der Waals surface area contributed by atoms with Crippen molar-refractivity contribution in [3.63, 3.8) is 0 Å². The van der Waals surface area contributed by atoms with Crippen molar-refractivity contribution in [2.75, 3.05) is 24.6 Å². The first-order valence-electron chi connectivity index (χ1n) is 10.0.